The highest BCUT2D eigenvalue weighted by molar-refractivity contribution is 7.91. The quantitative estimate of drug-likeness (QED) is 0.778. The Labute approximate surface area is 124 Å². The second kappa shape index (κ2) is 6.03. The Hall–Kier alpha value is -1.60. The number of hydrogen-bond acceptors (Lipinski definition) is 4. The Kier molecular flexibility index (Phi) is 4.53. The zero-order valence-electron chi connectivity index (χ0n) is 11.7. The van der Waals surface area contributed by atoms with E-state index in [1.54, 1.807) is 18.2 Å². The first-order valence-corrected chi connectivity index (χ1v) is 8.53. The number of carbonyl (C=O) groups is 1. The summed E-state index contributed by atoms with van der Waals surface area (Å²) in [6.45, 7) is 0. The molecule has 1 fully saturated rings. The van der Waals surface area contributed by atoms with E-state index < -0.39 is 21.5 Å². The zero-order valence-corrected chi connectivity index (χ0v) is 12.5. The average Bonchev–Trinajstić information content (AvgIpc) is 2.42. The Morgan fingerprint density at radius 2 is 1.86 bits per heavy atom. The number of benzene rings is 1. The molecule has 0 atom stereocenters. The molecule has 1 aliphatic carbocycles. The minimum Gasteiger partial charge on any atom is -0.465 e. The van der Waals surface area contributed by atoms with Crippen LogP contribution in [0.2, 0.25) is 0 Å². The predicted molar refractivity (Wildman–Crippen MR) is 78.8 cm³/mol. The molecule has 0 aliphatic heterocycles. The number of nitrogens with one attached hydrogen (secondary N) is 1. The molecule has 0 radical (unpaired) electrons. The molecule has 0 heterocycles. The van der Waals surface area contributed by atoms with E-state index in [0.717, 1.165) is 0 Å². The molecule has 2 rings (SSSR count). The average molecular weight is 312 g/mol. The third-order valence-corrected chi connectivity index (χ3v) is 5.85. The largest absolute Gasteiger partial charge is 0.465 e. The lowest BCUT2D eigenvalue weighted by atomic mass is 9.81. The van der Waals surface area contributed by atoms with Gasteiger partial charge in [-0.15, -0.1) is 0 Å². The normalized spacial score (nSPS) is 26.2. The molecule has 1 saturated carbocycles. The third kappa shape index (κ3) is 3.95. The van der Waals surface area contributed by atoms with Crippen LogP contribution in [0, 0.1) is 0 Å². The molecule has 0 aromatic heterocycles. The number of nitrogens with two attached hydrogens (primary N) is 1. The SMILES string of the molecule is NC1CCC(CS(=O)(=O)c2ccccc2)(NC(=O)O)CC1. The molecule has 1 aliphatic rings. The molecule has 0 spiro atoms. The first-order chi connectivity index (χ1) is 9.83. The van der Waals surface area contributed by atoms with Gasteiger partial charge in [-0.2, -0.15) is 0 Å². The molecule has 1 amide bonds. The Bertz CT molecular complexity index is 593. The Morgan fingerprint density at radius 3 is 2.38 bits per heavy atom. The molecular formula is C14H20N2O4S. The Balaban J connectivity index is 2.25. The number of amides is 1. The van der Waals surface area contributed by atoms with Crippen LogP contribution in [-0.4, -0.2) is 37.0 Å². The number of rotatable bonds is 4. The molecular weight excluding hydrogens is 292 g/mol. The fraction of sp³-hybridized carbons (Fsp3) is 0.500. The maximum absolute atomic E-state index is 12.5. The second-order valence-electron chi connectivity index (χ2n) is 5.62. The van der Waals surface area contributed by atoms with Crippen molar-refractivity contribution >= 4 is 15.9 Å². The van der Waals surface area contributed by atoms with Gasteiger partial charge in [-0.25, -0.2) is 13.2 Å². The van der Waals surface area contributed by atoms with Gasteiger partial charge in [0.15, 0.2) is 9.84 Å². The van der Waals surface area contributed by atoms with Gasteiger partial charge in [0.25, 0.3) is 0 Å². The fourth-order valence-corrected chi connectivity index (χ4v) is 4.63. The summed E-state index contributed by atoms with van der Waals surface area (Å²) >= 11 is 0. The summed E-state index contributed by atoms with van der Waals surface area (Å²) in [4.78, 5) is 11.3. The van der Waals surface area contributed by atoms with Gasteiger partial charge in [-0.3, -0.25) is 0 Å². The van der Waals surface area contributed by atoms with E-state index in [0.29, 0.717) is 25.7 Å². The van der Waals surface area contributed by atoms with Crippen molar-refractivity contribution < 1.29 is 18.3 Å². The van der Waals surface area contributed by atoms with Crippen molar-refractivity contribution in [2.24, 2.45) is 5.73 Å². The van der Waals surface area contributed by atoms with E-state index in [1.165, 1.54) is 12.1 Å². The fourth-order valence-electron chi connectivity index (χ4n) is 2.80. The highest BCUT2D eigenvalue weighted by Gasteiger charge is 2.40. The lowest BCUT2D eigenvalue weighted by molar-refractivity contribution is 0.166. The van der Waals surface area contributed by atoms with Crippen molar-refractivity contribution in [2.75, 3.05) is 5.75 Å². The van der Waals surface area contributed by atoms with Crippen molar-refractivity contribution in [2.45, 2.75) is 42.2 Å². The van der Waals surface area contributed by atoms with Crippen molar-refractivity contribution in [3.05, 3.63) is 30.3 Å². The standard InChI is InChI=1S/C14H20N2O4S/c15-11-6-8-14(9-7-11,16-13(17)18)10-21(19,20)12-4-2-1-3-5-12/h1-5,11,16H,6-10,15H2,(H,17,18). The summed E-state index contributed by atoms with van der Waals surface area (Å²) in [6.07, 6.45) is 0.905. The summed E-state index contributed by atoms with van der Waals surface area (Å²) in [5, 5.41) is 11.5. The van der Waals surface area contributed by atoms with Crippen LogP contribution in [0.4, 0.5) is 4.79 Å². The van der Waals surface area contributed by atoms with Crippen LogP contribution >= 0.6 is 0 Å². The van der Waals surface area contributed by atoms with Gasteiger partial charge in [-0.1, -0.05) is 18.2 Å². The predicted octanol–water partition coefficient (Wildman–Crippen LogP) is 1.37. The van der Waals surface area contributed by atoms with Crippen molar-refractivity contribution in [3.63, 3.8) is 0 Å². The second-order valence-corrected chi connectivity index (χ2v) is 7.61. The highest BCUT2D eigenvalue weighted by Crippen LogP contribution is 2.31. The Morgan fingerprint density at radius 1 is 1.29 bits per heavy atom. The summed E-state index contributed by atoms with van der Waals surface area (Å²) < 4.78 is 25.0. The molecule has 116 valence electrons. The van der Waals surface area contributed by atoms with E-state index in [-0.39, 0.29) is 16.7 Å². The molecule has 6 nitrogen and oxygen atoms in total. The lowest BCUT2D eigenvalue weighted by Crippen LogP contribution is -2.56. The van der Waals surface area contributed by atoms with Crippen LogP contribution < -0.4 is 11.1 Å². The number of sulfone groups is 1. The first-order valence-electron chi connectivity index (χ1n) is 6.88. The van der Waals surface area contributed by atoms with Crippen LogP contribution in [-0.2, 0) is 9.84 Å². The molecule has 7 heteroatoms. The minimum absolute atomic E-state index is 0.00755. The summed E-state index contributed by atoms with van der Waals surface area (Å²) in [5.41, 5.74) is 4.89. The van der Waals surface area contributed by atoms with Crippen LogP contribution in [0.1, 0.15) is 25.7 Å². The topological polar surface area (TPSA) is 109 Å². The summed E-state index contributed by atoms with van der Waals surface area (Å²) in [5.74, 6) is -0.233. The van der Waals surface area contributed by atoms with E-state index in [9.17, 15) is 13.2 Å². The van der Waals surface area contributed by atoms with Gasteiger partial charge in [0.1, 0.15) is 0 Å². The highest BCUT2D eigenvalue weighted by atomic mass is 32.2. The minimum atomic E-state index is -3.55. The molecule has 4 N–H and O–H groups in total. The smallest absolute Gasteiger partial charge is 0.405 e. The van der Waals surface area contributed by atoms with Gasteiger partial charge in [0, 0.05) is 6.04 Å². The molecule has 21 heavy (non-hydrogen) atoms. The maximum atomic E-state index is 12.5. The van der Waals surface area contributed by atoms with E-state index in [1.807, 2.05) is 0 Å². The van der Waals surface area contributed by atoms with Crippen molar-refractivity contribution in [3.8, 4) is 0 Å². The van der Waals surface area contributed by atoms with Crippen LogP contribution in [0.5, 0.6) is 0 Å². The monoisotopic (exact) mass is 312 g/mol. The molecule has 0 saturated heterocycles. The van der Waals surface area contributed by atoms with Crippen molar-refractivity contribution in [1.29, 1.82) is 0 Å². The van der Waals surface area contributed by atoms with Gasteiger partial charge >= 0.3 is 6.09 Å². The maximum Gasteiger partial charge on any atom is 0.405 e. The van der Waals surface area contributed by atoms with Crippen LogP contribution in [0.3, 0.4) is 0 Å². The molecule has 0 bridgehead atoms. The summed E-state index contributed by atoms with van der Waals surface area (Å²) in [7, 11) is -3.55. The van der Waals surface area contributed by atoms with Crippen LogP contribution in [0.15, 0.2) is 35.2 Å². The molecule has 0 unspecified atom stereocenters. The van der Waals surface area contributed by atoms with Gasteiger partial charge in [0.05, 0.1) is 16.2 Å². The van der Waals surface area contributed by atoms with Crippen LogP contribution in [0.25, 0.3) is 0 Å². The van der Waals surface area contributed by atoms with E-state index in [4.69, 9.17) is 10.8 Å². The first kappa shape index (κ1) is 15.8. The zero-order chi connectivity index (χ0) is 15.5. The number of carboxylic acid groups (broad SMARTS) is 1. The van der Waals surface area contributed by atoms with E-state index in [2.05, 4.69) is 5.32 Å². The lowest BCUT2D eigenvalue weighted by Gasteiger charge is -2.38. The third-order valence-electron chi connectivity index (χ3n) is 3.93. The summed E-state index contributed by atoms with van der Waals surface area (Å²) in [6, 6.07) is 8.11. The van der Waals surface area contributed by atoms with Crippen molar-refractivity contribution in [1.82, 2.24) is 5.32 Å². The molecule has 1 aromatic carbocycles. The van der Waals surface area contributed by atoms with E-state index >= 15 is 0 Å². The number of hydrogen-bond donors (Lipinski definition) is 3. The molecule has 1 aromatic rings. The van der Waals surface area contributed by atoms with Gasteiger partial charge in [0.2, 0.25) is 0 Å². The van der Waals surface area contributed by atoms with Gasteiger partial charge < -0.3 is 16.2 Å². The van der Waals surface area contributed by atoms with Gasteiger partial charge in [-0.05, 0) is 37.8 Å².